The van der Waals surface area contributed by atoms with Gasteiger partial charge >= 0.3 is 0 Å². The van der Waals surface area contributed by atoms with Crippen molar-refractivity contribution in [2.45, 2.75) is 52.2 Å². The third-order valence-corrected chi connectivity index (χ3v) is 4.87. The van der Waals surface area contributed by atoms with Crippen LogP contribution < -0.4 is 5.32 Å². The lowest BCUT2D eigenvalue weighted by Gasteiger charge is -2.43. The van der Waals surface area contributed by atoms with Gasteiger partial charge in [-0.15, -0.1) is 11.3 Å². The highest BCUT2D eigenvalue weighted by Crippen LogP contribution is 2.25. The molecule has 0 spiro atoms. The van der Waals surface area contributed by atoms with Crippen LogP contribution in [-0.4, -0.2) is 30.1 Å². The van der Waals surface area contributed by atoms with E-state index in [0.29, 0.717) is 6.04 Å². The minimum absolute atomic E-state index is 0.208. The third kappa shape index (κ3) is 3.54. The van der Waals surface area contributed by atoms with Crippen molar-refractivity contribution in [2.75, 3.05) is 13.6 Å². The maximum absolute atomic E-state index is 3.56. The predicted molar refractivity (Wildman–Crippen MR) is 77.6 cm³/mol. The number of hydrogen-bond donors (Lipinski definition) is 1. The van der Waals surface area contributed by atoms with Crippen LogP contribution in [0, 0.1) is 0 Å². The number of rotatable bonds is 7. The second-order valence-corrected chi connectivity index (χ2v) is 5.96. The van der Waals surface area contributed by atoms with Crippen LogP contribution in [0.25, 0.3) is 0 Å². The van der Waals surface area contributed by atoms with Crippen molar-refractivity contribution < 1.29 is 0 Å². The average molecular weight is 254 g/mol. The van der Waals surface area contributed by atoms with Crippen LogP contribution in [0.5, 0.6) is 0 Å². The molecule has 2 unspecified atom stereocenters. The van der Waals surface area contributed by atoms with Gasteiger partial charge in [-0.1, -0.05) is 19.9 Å². The van der Waals surface area contributed by atoms with Crippen LogP contribution in [0.3, 0.4) is 0 Å². The van der Waals surface area contributed by atoms with Gasteiger partial charge in [-0.25, -0.2) is 0 Å². The van der Waals surface area contributed by atoms with E-state index in [-0.39, 0.29) is 5.54 Å². The standard InChI is InChI=1S/C14H26N2S/c1-6-14(4,12(3)15-7-2)16(5)11-13-9-8-10-17-13/h8-10,12,15H,6-7,11H2,1-5H3. The fraction of sp³-hybridized carbons (Fsp3) is 0.714. The van der Waals surface area contributed by atoms with E-state index in [1.54, 1.807) is 0 Å². The monoisotopic (exact) mass is 254 g/mol. The maximum atomic E-state index is 3.56. The van der Waals surface area contributed by atoms with Crippen LogP contribution in [0.1, 0.15) is 39.0 Å². The quantitative estimate of drug-likeness (QED) is 0.803. The Labute approximate surface area is 110 Å². The fourth-order valence-corrected chi connectivity index (χ4v) is 3.01. The zero-order valence-corrected chi connectivity index (χ0v) is 12.6. The van der Waals surface area contributed by atoms with Crippen molar-refractivity contribution >= 4 is 11.3 Å². The van der Waals surface area contributed by atoms with Gasteiger partial charge in [-0.2, -0.15) is 0 Å². The van der Waals surface area contributed by atoms with Gasteiger partial charge in [-0.05, 0) is 45.3 Å². The molecule has 0 aromatic carbocycles. The van der Waals surface area contributed by atoms with Crippen molar-refractivity contribution in [1.29, 1.82) is 0 Å². The second kappa shape index (κ2) is 6.53. The average Bonchev–Trinajstić information content (AvgIpc) is 2.80. The molecule has 17 heavy (non-hydrogen) atoms. The van der Waals surface area contributed by atoms with E-state index in [4.69, 9.17) is 0 Å². The molecule has 0 aliphatic rings. The first-order chi connectivity index (χ1) is 8.04. The number of thiophene rings is 1. The van der Waals surface area contributed by atoms with E-state index in [1.165, 1.54) is 4.88 Å². The molecule has 0 aliphatic heterocycles. The minimum atomic E-state index is 0.208. The Morgan fingerprint density at radius 1 is 1.47 bits per heavy atom. The van der Waals surface area contributed by atoms with Crippen LogP contribution >= 0.6 is 11.3 Å². The normalized spacial score (nSPS) is 17.1. The molecular formula is C14H26N2S. The number of likely N-dealkylation sites (N-methyl/N-ethyl adjacent to an activating group) is 2. The lowest BCUT2D eigenvalue weighted by atomic mass is 9.88. The molecule has 3 heteroatoms. The molecule has 0 saturated heterocycles. The first-order valence-electron chi connectivity index (χ1n) is 6.51. The molecular weight excluding hydrogens is 228 g/mol. The molecule has 1 aromatic rings. The highest BCUT2D eigenvalue weighted by atomic mass is 32.1. The van der Waals surface area contributed by atoms with Crippen molar-refractivity contribution in [3.63, 3.8) is 0 Å². The highest BCUT2D eigenvalue weighted by molar-refractivity contribution is 7.09. The number of nitrogens with one attached hydrogen (secondary N) is 1. The van der Waals surface area contributed by atoms with E-state index < -0.39 is 0 Å². The molecule has 0 saturated carbocycles. The zero-order valence-electron chi connectivity index (χ0n) is 11.8. The van der Waals surface area contributed by atoms with Gasteiger partial charge in [0.2, 0.25) is 0 Å². The van der Waals surface area contributed by atoms with E-state index in [2.05, 4.69) is 62.5 Å². The zero-order chi connectivity index (χ0) is 12.9. The Kier molecular flexibility index (Phi) is 5.63. The summed E-state index contributed by atoms with van der Waals surface area (Å²) in [7, 11) is 2.23. The summed E-state index contributed by atoms with van der Waals surface area (Å²) in [5.74, 6) is 0. The van der Waals surface area contributed by atoms with Crippen molar-refractivity contribution in [2.24, 2.45) is 0 Å². The molecule has 2 atom stereocenters. The summed E-state index contributed by atoms with van der Waals surface area (Å²) in [6, 6.07) is 4.85. The summed E-state index contributed by atoms with van der Waals surface area (Å²) < 4.78 is 0. The molecule has 0 fully saturated rings. The van der Waals surface area contributed by atoms with Gasteiger partial charge in [0.1, 0.15) is 0 Å². The maximum Gasteiger partial charge on any atom is 0.0330 e. The number of nitrogens with zero attached hydrogens (tertiary/aromatic N) is 1. The second-order valence-electron chi connectivity index (χ2n) is 4.93. The summed E-state index contributed by atoms with van der Waals surface area (Å²) in [5.41, 5.74) is 0.208. The number of hydrogen-bond acceptors (Lipinski definition) is 3. The summed E-state index contributed by atoms with van der Waals surface area (Å²) in [6.07, 6.45) is 1.16. The van der Waals surface area contributed by atoms with Gasteiger partial charge < -0.3 is 5.32 Å². The van der Waals surface area contributed by atoms with Gasteiger partial charge in [0, 0.05) is 23.0 Å². The SMILES string of the molecule is CCNC(C)C(C)(CC)N(C)Cc1cccs1. The third-order valence-electron chi connectivity index (χ3n) is 4.00. The summed E-state index contributed by atoms with van der Waals surface area (Å²) in [4.78, 5) is 3.92. The van der Waals surface area contributed by atoms with Gasteiger partial charge in [0.25, 0.3) is 0 Å². The largest absolute Gasteiger partial charge is 0.313 e. The van der Waals surface area contributed by atoms with E-state index in [1.807, 2.05) is 11.3 Å². The Hall–Kier alpha value is -0.380. The van der Waals surface area contributed by atoms with Crippen molar-refractivity contribution in [1.82, 2.24) is 10.2 Å². The van der Waals surface area contributed by atoms with Crippen LogP contribution in [-0.2, 0) is 6.54 Å². The topological polar surface area (TPSA) is 15.3 Å². The molecule has 98 valence electrons. The van der Waals surface area contributed by atoms with E-state index in [9.17, 15) is 0 Å². The molecule has 0 amide bonds. The molecule has 1 N–H and O–H groups in total. The van der Waals surface area contributed by atoms with Crippen LogP contribution in [0.2, 0.25) is 0 Å². The van der Waals surface area contributed by atoms with E-state index in [0.717, 1.165) is 19.5 Å². The summed E-state index contributed by atoms with van der Waals surface area (Å²) in [6.45, 7) is 11.2. The lowest BCUT2D eigenvalue weighted by Crippen LogP contribution is -2.56. The predicted octanol–water partition coefficient (Wildman–Crippen LogP) is 3.35. The molecule has 2 nitrogen and oxygen atoms in total. The van der Waals surface area contributed by atoms with Gasteiger partial charge in [0.05, 0.1) is 0 Å². The Morgan fingerprint density at radius 3 is 2.65 bits per heavy atom. The minimum Gasteiger partial charge on any atom is -0.313 e. The molecule has 0 bridgehead atoms. The summed E-state index contributed by atoms with van der Waals surface area (Å²) in [5, 5.41) is 5.71. The van der Waals surface area contributed by atoms with Crippen molar-refractivity contribution in [3.8, 4) is 0 Å². The Balaban J connectivity index is 2.70. The first kappa shape index (κ1) is 14.7. The molecule has 0 aliphatic carbocycles. The van der Waals surface area contributed by atoms with Crippen LogP contribution in [0.4, 0.5) is 0 Å². The smallest absolute Gasteiger partial charge is 0.0330 e. The Morgan fingerprint density at radius 2 is 2.18 bits per heavy atom. The van der Waals surface area contributed by atoms with Gasteiger partial charge in [0.15, 0.2) is 0 Å². The molecule has 1 heterocycles. The summed E-state index contributed by atoms with van der Waals surface area (Å²) >= 11 is 1.84. The van der Waals surface area contributed by atoms with Gasteiger partial charge in [-0.3, -0.25) is 4.90 Å². The van der Waals surface area contributed by atoms with E-state index >= 15 is 0 Å². The Bertz CT molecular complexity index is 310. The van der Waals surface area contributed by atoms with Crippen molar-refractivity contribution in [3.05, 3.63) is 22.4 Å². The highest BCUT2D eigenvalue weighted by Gasteiger charge is 2.33. The molecule has 1 rings (SSSR count). The lowest BCUT2D eigenvalue weighted by molar-refractivity contribution is 0.0876. The fourth-order valence-electron chi connectivity index (χ4n) is 2.25. The van der Waals surface area contributed by atoms with Crippen LogP contribution in [0.15, 0.2) is 17.5 Å². The first-order valence-corrected chi connectivity index (χ1v) is 7.39. The molecule has 1 aromatic heterocycles. The molecule has 0 radical (unpaired) electrons.